The molecule has 0 amide bonds. The minimum absolute atomic E-state index is 0. The van der Waals surface area contributed by atoms with E-state index in [0.29, 0.717) is 11.8 Å². The summed E-state index contributed by atoms with van der Waals surface area (Å²) in [6, 6.07) is 0.285. The van der Waals surface area contributed by atoms with Gasteiger partial charge in [0.2, 0.25) is 0 Å². The van der Waals surface area contributed by atoms with Crippen molar-refractivity contribution in [2.75, 3.05) is 0 Å². The summed E-state index contributed by atoms with van der Waals surface area (Å²) in [5.41, 5.74) is 14.8. The maximum absolute atomic E-state index is 8.36. The van der Waals surface area contributed by atoms with Gasteiger partial charge in [0.15, 0.2) is 0 Å². The molecule has 4 unspecified atom stereocenters. The van der Waals surface area contributed by atoms with Crippen LogP contribution in [0.3, 0.4) is 0 Å². The van der Waals surface area contributed by atoms with Crippen molar-refractivity contribution in [1.82, 2.24) is 0 Å². The molecule has 0 aliphatic heterocycles. The average Bonchev–Trinajstić information content (AvgIpc) is 2.46. The summed E-state index contributed by atoms with van der Waals surface area (Å²) in [5.74, 6) is 0.840. The molecule has 2 aliphatic rings. The molecule has 0 bridgehead atoms. The van der Waals surface area contributed by atoms with Crippen molar-refractivity contribution in [2.24, 2.45) is 11.8 Å². The number of nitrogens with zero attached hydrogens (tertiary/aromatic N) is 1. The van der Waals surface area contributed by atoms with Gasteiger partial charge in [-0.25, -0.2) is 0 Å². The number of rotatable bonds is 0. The quantitative estimate of drug-likeness (QED) is 0.146. The second kappa shape index (κ2) is 37.1. The summed E-state index contributed by atoms with van der Waals surface area (Å²) >= 11 is -0.472. The predicted molar refractivity (Wildman–Crippen MR) is 112 cm³/mol. The monoisotopic (exact) mass is 920 g/mol. The fourth-order valence-electron chi connectivity index (χ4n) is 2.42. The maximum atomic E-state index is 8.36. The zero-order valence-electron chi connectivity index (χ0n) is 14.8. The fourth-order valence-corrected chi connectivity index (χ4v) is 2.42. The van der Waals surface area contributed by atoms with E-state index in [9.17, 15) is 0 Å². The van der Waals surface area contributed by atoms with Crippen molar-refractivity contribution in [2.45, 2.75) is 78.3 Å². The van der Waals surface area contributed by atoms with Crippen LogP contribution in [0.5, 0.6) is 0 Å². The molecule has 0 spiro atoms. The second-order valence-corrected chi connectivity index (χ2v) is 8.87. The summed E-state index contributed by atoms with van der Waals surface area (Å²) in [6.07, 6.45) is 9.60. The molecule has 193 valence electrons. The van der Waals surface area contributed by atoms with E-state index < -0.39 is 21.6 Å². The van der Waals surface area contributed by atoms with Gasteiger partial charge in [0, 0.05) is 22.4 Å². The van der Waals surface area contributed by atoms with Crippen LogP contribution >= 0.6 is 18.8 Å². The minimum atomic E-state index is -1.50. The van der Waals surface area contributed by atoms with Crippen LogP contribution in [0.1, 0.15) is 66.2 Å². The zero-order chi connectivity index (χ0) is 18.3. The van der Waals surface area contributed by atoms with E-state index in [1.807, 2.05) is 0 Å². The van der Waals surface area contributed by atoms with Crippen LogP contribution in [0.4, 0.5) is 0 Å². The van der Waals surface area contributed by atoms with Crippen molar-refractivity contribution < 1.29 is 81.2 Å². The molecule has 29 heavy (non-hydrogen) atoms. The molecular weight excluding hydrogens is 883 g/mol. The Hall–Kier alpha value is 1.74. The molecule has 0 aromatic rings. The molecule has 0 aromatic carbocycles. The van der Waals surface area contributed by atoms with Gasteiger partial charge >= 0.3 is 56.4 Å². The van der Waals surface area contributed by atoms with Crippen LogP contribution < -0.4 is 0 Å². The van der Waals surface area contributed by atoms with Gasteiger partial charge < -0.3 is 41.5 Å². The smallest absolute Gasteiger partial charge is 2.00 e. The van der Waals surface area contributed by atoms with E-state index in [0.717, 1.165) is 12.8 Å². The fraction of sp³-hybridized carbons (Fsp3) is 0.875. The molecule has 0 heterocycles. The van der Waals surface area contributed by atoms with Crippen molar-refractivity contribution >= 4 is 18.8 Å². The summed E-state index contributed by atoms with van der Waals surface area (Å²) in [5, 5.41) is 13.6. The van der Waals surface area contributed by atoms with Crippen LogP contribution in [0.25, 0.3) is 11.5 Å². The predicted octanol–water partition coefficient (Wildman–Crippen LogP) is 5.51. The molecule has 2 aliphatic carbocycles. The number of hydrogen-bond donors (Lipinski definition) is 1. The van der Waals surface area contributed by atoms with E-state index in [1.54, 1.807) is 0 Å². The van der Waals surface area contributed by atoms with Crippen molar-refractivity contribution in [1.29, 1.82) is 0 Å². The van der Waals surface area contributed by atoms with E-state index in [2.05, 4.69) is 13.8 Å². The van der Waals surface area contributed by atoms with Crippen LogP contribution in [0, 0.1) is 35.8 Å². The third-order valence-corrected chi connectivity index (χ3v) is 3.82. The van der Waals surface area contributed by atoms with Gasteiger partial charge in [0.1, 0.15) is 0 Å². The Morgan fingerprint density at radius 3 is 1.17 bits per heavy atom. The first-order chi connectivity index (χ1) is 10.8. The van der Waals surface area contributed by atoms with Gasteiger partial charge in [0.25, 0.3) is 5.09 Å². The zero-order valence-corrected chi connectivity index (χ0v) is 22.3. The Morgan fingerprint density at radius 1 is 0.897 bits per heavy atom. The SMILES string of the molecule is C.C.O.O.O=[N+]([O-])O.[Ag].[CH2-]C1CCCCC1[NH-].[CH2-]C1CCCCC1[NH-].[Cl][Pt+2][Cl].[Pt+2]. The number of halogens is 2. The molecule has 8 nitrogen and oxygen atoms in total. The van der Waals surface area contributed by atoms with Gasteiger partial charge in [-0.05, 0) is 0 Å². The number of hydrogen-bond acceptors (Lipinski definition) is 2. The Kier molecular flexibility index (Phi) is 67.2. The van der Waals surface area contributed by atoms with E-state index in [4.69, 9.17) is 45.6 Å². The first-order valence-corrected chi connectivity index (χ1v) is 13.1. The molecule has 0 saturated heterocycles. The third kappa shape index (κ3) is 40.6. The molecule has 0 aromatic heterocycles. The van der Waals surface area contributed by atoms with Gasteiger partial charge in [-0.15, -0.1) is 10.1 Å². The van der Waals surface area contributed by atoms with Crippen molar-refractivity contribution in [3.63, 3.8) is 0 Å². The Labute approximate surface area is 223 Å². The minimum Gasteiger partial charge on any atom is 2.00 e. The molecule has 1 radical (unpaired) electrons. The molecular formula is C16H39AgCl2N3O5Pt2. The standard InChI is InChI=1S/2C7H13N.2CH4.Ag.2ClH.HNO3.2H2O.2Pt/c2*1-6-4-2-3-5-7(6)8;;;;;;2-1(3)4;;;;/h2*6-8H,1-5H2;2*1H4;;2*1H;(H,2,3,4);2*1H2;;/q2*-2;;;;;;;;;+2;+4/p-2. The molecule has 2 rings (SSSR count). The van der Waals surface area contributed by atoms with Crippen LogP contribution in [0.15, 0.2) is 0 Å². The topological polar surface area (TPSA) is 174 Å². The van der Waals surface area contributed by atoms with Gasteiger partial charge in [-0.1, -0.05) is 66.2 Å². The molecule has 7 N–H and O–H groups in total. The van der Waals surface area contributed by atoms with Gasteiger partial charge in [0.05, 0.1) is 0 Å². The van der Waals surface area contributed by atoms with Crippen molar-refractivity contribution in [3.8, 4) is 0 Å². The first-order valence-electron chi connectivity index (χ1n) is 7.50. The largest absolute Gasteiger partial charge is 2.00 e. The Morgan fingerprint density at radius 2 is 1.07 bits per heavy atom. The summed E-state index contributed by atoms with van der Waals surface area (Å²) in [4.78, 5) is 8.36. The third-order valence-electron chi connectivity index (χ3n) is 3.82. The summed E-state index contributed by atoms with van der Waals surface area (Å²) < 4.78 is 0. The van der Waals surface area contributed by atoms with Gasteiger partial charge in [-0.2, -0.15) is 23.9 Å². The van der Waals surface area contributed by atoms with Gasteiger partial charge in [-0.3, -0.25) is 0 Å². The van der Waals surface area contributed by atoms with E-state index in [-0.39, 0.29) is 81.3 Å². The Balaban J connectivity index is -0.0000000336. The molecule has 2 saturated carbocycles. The van der Waals surface area contributed by atoms with Crippen LogP contribution in [-0.2, 0) is 59.9 Å². The first kappa shape index (κ1) is 52.6. The van der Waals surface area contributed by atoms with Crippen LogP contribution in [0.2, 0.25) is 0 Å². The second-order valence-electron chi connectivity index (χ2n) is 5.59. The summed E-state index contributed by atoms with van der Waals surface area (Å²) in [7, 11) is 9.75. The van der Waals surface area contributed by atoms with E-state index >= 15 is 0 Å². The maximum Gasteiger partial charge on any atom is 2.00 e. The summed E-state index contributed by atoms with van der Waals surface area (Å²) in [6.45, 7) is 7.78. The normalized spacial score (nSPS) is 23.5. The Bertz CT molecular complexity index is 265. The van der Waals surface area contributed by atoms with Crippen molar-refractivity contribution in [3.05, 3.63) is 35.4 Å². The van der Waals surface area contributed by atoms with E-state index in [1.165, 1.54) is 38.5 Å². The molecule has 4 atom stereocenters. The molecule has 2 fully saturated rings. The molecule has 13 heteroatoms. The van der Waals surface area contributed by atoms with Crippen LogP contribution in [-0.4, -0.2) is 33.3 Å². The number of nitrogens with one attached hydrogen (secondary N) is 2. The average molecular weight is 922 g/mol.